The van der Waals surface area contributed by atoms with Crippen LogP contribution in [-0.4, -0.2) is 35.1 Å². The predicted molar refractivity (Wildman–Crippen MR) is 76.7 cm³/mol. The number of likely N-dealkylation sites (tertiary alicyclic amines) is 1. The minimum absolute atomic E-state index is 0.0329. The van der Waals surface area contributed by atoms with E-state index in [1.807, 2.05) is 4.90 Å². The predicted octanol–water partition coefficient (Wildman–Crippen LogP) is 2.47. The molecule has 1 fully saturated rings. The van der Waals surface area contributed by atoms with E-state index in [1.54, 1.807) is 11.3 Å². The van der Waals surface area contributed by atoms with Crippen molar-refractivity contribution in [2.45, 2.75) is 45.1 Å². The lowest BCUT2D eigenvalue weighted by atomic mass is 9.90. The second kappa shape index (κ2) is 5.25. The monoisotopic (exact) mass is 279 g/mol. The van der Waals surface area contributed by atoms with E-state index in [2.05, 4.69) is 13.0 Å². The third-order valence-corrected chi connectivity index (χ3v) is 5.61. The van der Waals surface area contributed by atoms with Gasteiger partial charge < -0.3 is 10.0 Å². The summed E-state index contributed by atoms with van der Waals surface area (Å²) in [5.74, 6) is 0.866. The Morgan fingerprint density at radius 3 is 3.16 bits per heavy atom. The van der Waals surface area contributed by atoms with Gasteiger partial charge in [-0.2, -0.15) is 0 Å². The van der Waals surface area contributed by atoms with Crippen LogP contribution in [0, 0.1) is 5.92 Å². The van der Waals surface area contributed by atoms with Crippen LogP contribution >= 0.6 is 11.3 Å². The Bertz CT molecular complexity index is 482. The summed E-state index contributed by atoms with van der Waals surface area (Å²) in [6.07, 6.45) is 5.42. The highest BCUT2D eigenvalue weighted by atomic mass is 32.1. The standard InChI is InChI=1S/C15H21NO2S/c1-10-4-5-13-11(7-10)8-14(19-13)15(18)16-6-2-3-12(16)9-17/h8,10,12,17H,2-7,9H2,1H3/t10?,12-/m0/s1. The molecule has 104 valence electrons. The molecule has 0 aromatic carbocycles. The Morgan fingerprint density at radius 2 is 2.37 bits per heavy atom. The van der Waals surface area contributed by atoms with Crippen LogP contribution in [-0.2, 0) is 12.8 Å². The molecular weight excluding hydrogens is 258 g/mol. The van der Waals surface area contributed by atoms with Gasteiger partial charge in [-0.15, -0.1) is 11.3 Å². The number of thiophene rings is 1. The smallest absolute Gasteiger partial charge is 0.264 e. The summed E-state index contributed by atoms with van der Waals surface area (Å²) in [5.41, 5.74) is 1.38. The number of fused-ring (bicyclic) bond motifs is 1. The second-order valence-corrected chi connectivity index (χ2v) is 7.02. The topological polar surface area (TPSA) is 40.5 Å². The van der Waals surface area contributed by atoms with Gasteiger partial charge in [-0.25, -0.2) is 0 Å². The fourth-order valence-corrected chi connectivity index (χ4v) is 4.41. The molecule has 4 heteroatoms. The maximum absolute atomic E-state index is 12.5. The summed E-state index contributed by atoms with van der Waals surface area (Å²) >= 11 is 1.67. The molecule has 1 aliphatic carbocycles. The minimum Gasteiger partial charge on any atom is -0.394 e. The Kier molecular flexibility index (Phi) is 3.63. The van der Waals surface area contributed by atoms with E-state index in [0.717, 1.165) is 43.0 Å². The lowest BCUT2D eigenvalue weighted by molar-refractivity contribution is 0.0682. The Balaban J connectivity index is 1.81. The number of carbonyl (C=O) groups excluding carboxylic acids is 1. The van der Waals surface area contributed by atoms with Gasteiger partial charge in [0.1, 0.15) is 0 Å². The molecule has 2 aliphatic rings. The van der Waals surface area contributed by atoms with Gasteiger partial charge in [-0.3, -0.25) is 4.79 Å². The number of aryl methyl sites for hydroxylation is 1. The van der Waals surface area contributed by atoms with Crippen LogP contribution < -0.4 is 0 Å². The number of hydrogen-bond acceptors (Lipinski definition) is 3. The van der Waals surface area contributed by atoms with Crippen molar-refractivity contribution in [3.05, 3.63) is 21.4 Å². The van der Waals surface area contributed by atoms with Crippen molar-refractivity contribution in [2.24, 2.45) is 5.92 Å². The first-order valence-corrected chi connectivity index (χ1v) is 8.04. The van der Waals surface area contributed by atoms with Gasteiger partial charge in [0.25, 0.3) is 5.91 Å². The van der Waals surface area contributed by atoms with E-state index in [-0.39, 0.29) is 18.6 Å². The molecule has 2 heterocycles. The molecule has 19 heavy (non-hydrogen) atoms. The largest absolute Gasteiger partial charge is 0.394 e. The van der Waals surface area contributed by atoms with E-state index in [9.17, 15) is 9.90 Å². The molecule has 0 spiro atoms. The van der Waals surface area contributed by atoms with Crippen LogP contribution in [0.2, 0.25) is 0 Å². The number of aliphatic hydroxyl groups excluding tert-OH is 1. The van der Waals surface area contributed by atoms with Gasteiger partial charge in [0.15, 0.2) is 0 Å². The molecule has 0 bridgehead atoms. The van der Waals surface area contributed by atoms with Gasteiger partial charge in [0.05, 0.1) is 17.5 Å². The zero-order valence-electron chi connectivity index (χ0n) is 11.4. The van der Waals surface area contributed by atoms with E-state index < -0.39 is 0 Å². The summed E-state index contributed by atoms with van der Waals surface area (Å²) in [6, 6.07) is 2.13. The van der Waals surface area contributed by atoms with E-state index in [0.29, 0.717) is 0 Å². The third kappa shape index (κ3) is 2.43. The average Bonchev–Trinajstić information content (AvgIpc) is 3.03. The summed E-state index contributed by atoms with van der Waals surface area (Å²) in [7, 11) is 0. The first-order valence-electron chi connectivity index (χ1n) is 7.22. The van der Waals surface area contributed by atoms with E-state index in [4.69, 9.17) is 0 Å². The molecule has 1 amide bonds. The fraction of sp³-hybridized carbons (Fsp3) is 0.667. The molecule has 0 saturated carbocycles. The van der Waals surface area contributed by atoms with E-state index >= 15 is 0 Å². The van der Waals surface area contributed by atoms with Crippen molar-refractivity contribution in [2.75, 3.05) is 13.2 Å². The Hall–Kier alpha value is -0.870. The third-order valence-electron chi connectivity index (χ3n) is 4.39. The molecule has 1 aliphatic heterocycles. The maximum atomic E-state index is 12.5. The van der Waals surface area contributed by atoms with Gasteiger partial charge in [0, 0.05) is 11.4 Å². The molecular formula is C15H21NO2S. The van der Waals surface area contributed by atoms with Crippen LogP contribution in [0.4, 0.5) is 0 Å². The molecule has 1 N–H and O–H groups in total. The highest BCUT2D eigenvalue weighted by Crippen LogP contribution is 2.33. The highest BCUT2D eigenvalue weighted by Gasteiger charge is 2.30. The van der Waals surface area contributed by atoms with Gasteiger partial charge in [-0.05, 0) is 49.7 Å². The molecule has 1 aromatic heterocycles. The number of amides is 1. The molecule has 0 radical (unpaired) electrons. The van der Waals surface area contributed by atoms with Crippen LogP contribution in [0.5, 0.6) is 0 Å². The van der Waals surface area contributed by atoms with Crippen LogP contribution in [0.3, 0.4) is 0 Å². The number of nitrogens with zero attached hydrogens (tertiary/aromatic N) is 1. The van der Waals surface area contributed by atoms with E-state index in [1.165, 1.54) is 16.9 Å². The Labute approximate surface area is 118 Å². The number of aliphatic hydroxyl groups is 1. The molecule has 1 unspecified atom stereocenters. The summed E-state index contributed by atoms with van der Waals surface area (Å²) in [6.45, 7) is 3.17. The first-order chi connectivity index (χ1) is 9.19. The van der Waals surface area contributed by atoms with Crippen molar-refractivity contribution >= 4 is 17.2 Å². The number of rotatable bonds is 2. The summed E-state index contributed by atoms with van der Waals surface area (Å²) < 4.78 is 0. The average molecular weight is 279 g/mol. The number of hydrogen-bond donors (Lipinski definition) is 1. The summed E-state index contributed by atoms with van der Waals surface area (Å²) in [5, 5.41) is 9.34. The van der Waals surface area contributed by atoms with Gasteiger partial charge in [-0.1, -0.05) is 6.92 Å². The first kappa shape index (κ1) is 13.1. The minimum atomic E-state index is 0.0329. The lowest BCUT2D eigenvalue weighted by Gasteiger charge is -2.22. The molecule has 1 aromatic rings. The van der Waals surface area contributed by atoms with Crippen molar-refractivity contribution in [3.63, 3.8) is 0 Å². The maximum Gasteiger partial charge on any atom is 0.264 e. The highest BCUT2D eigenvalue weighted by molar-refractivity contribution is 7.14. The van der Waals surface area contributed by atoms with Crippen molar-refractivity contribution in [3.8, 4) is 0 Å². The Morgan fingerprint density at radius 1 is 1.53 bits per heavy atom. The van der Waals surface area contributed by atoms with Crippen molar-refractivity contribution in [1.29, 1.82) is 0 Å². The van der Waals surface area contributed by atoms with Crippen LogP contribution in [0.25, 0.3) is 0 Å². The zero-order valence-corrected chi connectivity index (χ0v) is 12.2. The zero-order chi connectivity index (χ0) is 13.4. The summed E-state index contributed by atoms with van der Waals surface area (Å²) in [4.78, 5) is 16.7. The SMILES string of the molecule is CC1CCc2sc(C(=O)N3CCC[C@H]3CO)cc2C1. The van der Waals surface area contributed by atoms with Crippen LogP contribution in [0.1, 0.15) is 46.3 Å². The molecule has 1 saturated heterocycles. The molecule has 2 atom stereocenters. The van der Waals surface area contributed by atoms with Gasteiger partial charge >= 0.3 is 0 Å². The molecule has 3 rings (SSSR count). The lowest BCUT2D eigenvalue weighted by Crippen LogP contribution is -2.37. The number of carbonyl (C=O) groups is 1. The normalized spacial score (nSPS) is 26.5. The molecule has 3 nitrogen and oxygen atoms in total. The van der Waals surface area contributed by atoms with Crippen LogP contribution in [0.15, 0.2) is 6.07 Å². The van der Waals surface area contributed by atoms with Crippen molar-refractivity contribution < 1.29 is 9.90 Å². The van der Waals surface area contributed by atoms with Gasteiger partial charge in [0.2, 0.25) is 0 Å². The second-order valence-electron chi connectivity index (χ2n) is 5.88. The van der Waals surface area contributed by atoms with Crippen molar-refractivity contribution in [1.82, 2.24) is 4.90 Å². The fourth-order valence-electron chi connectivity index (χ4n) is 3.25. The quantitative estimate of drug-likeness (QED) is 0.903.